The van der Waals surface area contributed by atoms with Crippen LogP contribution in [0, 0.1) is 0 Å². The van der Waals surface area contributed by atoms with Crippen LogP contribution in [0.2, 0.25) is 0 Å². The Hall–Kier alpha value is -1.78. The van der Waals surface area contributed by atoms with Gasteiger partial charge in [0.1, 0.15) is 5.60 Å². The van der Waals surface area contributed by atoms with Crippen LogP contribution in [-0.4, -0.2) is 22.5 Å². The number of nitrogens with two attached hydrogens (primary N) is 1. The number of nitrogens with zero attached hydrogens (tertiary/aromatic N) is 1. The van der Waals surface area contributed by atoms with Crippen LogP contribution in [0.1, 0.15) is 31.3 Å². The molecule has 1 rings (SSSR count). The first-order valence-electron chi connectivity index (χ1n) is 4.50. The normalized spacial score (nSPS) is 11.1. The summed E-state index contributed by atoms with van der Waals surface area (Å²) in [5.41, 5.74) is 5.40. The van der Waals surface area contributed by atoms with E-state index in [-0.39, 0.29) is 5.69 Å². The minimum atomic E-state index is -0.610. The lowest BCUT2D eigenvalue weighted by Gasteiger charge is -2.19. The van der Waals surface area contributed by atoms with E-state index in [2.05, 4.69) is 0 Å². The van der Waals surface area contributed by atoms with E-state index in [1.807, 2.05) is 0 Å². The number of ether oxygens (including phenoxy) is 1. The zero-order valence-corrected chi connectivity index (χ0v) is 8.98. The number of hydrogen-bond donors (Lipinski definition) is 1. The third-order valence-corrected chi connectivity index (χ3v) is 1.58. The maximum absolute atomic E-state index is 11.6. The third-order valence-electron chi connectivity index (χ3n) is 1.58. The monoisotopic (exact) mass is 210 g/mol. The molecule has 0 aromatic carbocycles. The molecule has 0 amide bonds. The molecular formula is C10H14N2O3. The third kappa shape index (κ3) is 2.83. The molecule has 1 aromatic heterocycles. The zero-order valence-electron chi connectivity index (χ0n) is 8.98. The Morgan fingerprint density at radius 2 is 2.13 bits per heavy atom. The number of hydrogen-bond acceptors (Lipinski definition) is 4. The average molecular weight is 210 g/mol. The fourth-order valence-corrected chi connectivity index (χ4v) is 1.06. The molecule has 5 heteroatoms. The standard InChI is InChI=1S/C10H14N2O3/c1-10(2,3)15-9(14)12-5-7(11)4-8(12)6-13/h4-6H,11H2,1-3H3. The summed E-state index contributed by atoms with van der Waals surface area (Å²) in [6.07, 6.45) is 1.30. The van der Waals surface area contributed by atoms with Crippen LogP contribution in [-0.2, 0) is 4.74 Å². The second-order valence-electron chi connectivity index (χ2n) is 4.17. The first-order valence-corrected chi connectivity index (χ1v) is 4.50. The van der Waals surface area contributed by atoms with Crippen LogP contribution in [0.3, 0.4) is 0 Å². The molecule has 0 saturated heterocycles. The number of carbonyl (C=O) groups excluding carboxylic acids is 2. The van der Waals surface area contributed by atoms with Gasteiger partial charge in [-0.2, -0.15) is 0 Å². The van der Waals surface area contributed by atoms with Crippen molar-refractivity contribution in [3.63, 3.8) is 0 Å². The molecule has 2 N–H and O–H groups in total. The van der Waals surface area contributed by atoms with E-state index in [1.54, 1.807) is 20.8 Å². The molecule has 1 aromatic rings. The first kappa shape index (κ1) is 11.3. The maximum Gasteiger partial charge on any atom is 0.419 e. The number of nitrogen functional groups attached to an aromatic ring is 1. The van der Waals surface area contributed by atoms with E-state index >= 15 is 0 Å². The summed E-state index contributed by atoms with van der Waals surface area (Å²) in [5.74, 6) is 0. The molecule has 0 aliphatic carbocycles. The zero-order chi connectivity index (χ0) is 11.6. The van der Waals surface area contributed by atoms with E-state index in [1.165, 1.54) is 12.3 Å². The quantitative estimate of drug-likeness (QED) is 0.715. The van der Waals surface area contributed by atoms with Crippen molar-refractivity contribution in [3.05, 3.63) is 18.0 Å². The molecule has 0 saturated carbocycles. The van der Waals surface area contributed by atoms with Gasteiger partial charge >= 0.3 is 6.09 Å². The highest BCUT2D eigenvalue weighted by molar-refractivity contribution is 5.84. The minimum Gasteiger partial charge on any atom is -0.443 e. The van der Waals surface area contributed by atoms with Crippen molar-refractivity contribution in [2.75, 3.05) is 5.73 Å². The van der Waals surface area contributed by atoms with E-state index in [4.69, 9.17) is 10.5 Å². The van der Waals surface area contributed by atoms with Crippen LogP contribution in [0.25, 0.3) is 0 Å². The van der Waals surface area contributed by atoms with Crippen molar-refractivity contribution in [3.8, 4) is 0 Å². The van der Waals surface area contributed by atoms with Crippen molar-refractivity contribution in [1.82, 2.24) is 4.57 Å². The molecule has 0 radical (unpaired) electrons. The van der Waals surface area contributed by atoms with Crippen LogP contribution in [0.4, 0.5) is 10.5 Å². The fraction of sp³-hybridized carbons (Fsp3) is 0.400. The van der Waals surface area contributed by atoms with Gasteiger partial charge in [-0.3, -0.25) is 4.79 Å². The van der Waals surface area contributed by atoms with E-state index in [0.717, 1.165) is 4.57 Å². The summed E-state index contributed by atoms with van der Waals surface area (Å²) < 4.78 is 6.18. The molecule has 0 spiro atoms. The Kier molecular flexibility index (Phi) is 2.83. The van der Waals surface area contributed by atoms with Crippen LogP contribution in [0.5, 0.6) is 0 Å². The minimum absolute atomic E-state index is 0.182. The highest BCUT2D eigenvalue weighted by atomic mass is 16.6. The summed E-state index contributed by atoms with van der Waals surface area (Å²) >= 11 is 0. The molecule has 0 aliphatic rings. The number of carbonyl (C=O) groups is 2. The Morgan fingerprint density at radius 1 is 1.53 bits per heavy atom. The van der Waals surface area contributed by atoms with Gasteiger partial charge in [0.2, 0.25) is 0 Å². The summed E-state index contributed by atoms with van der Waals surface area (Å²) in [7, 11) is 0. The van der Waals surface area contributed by atoms with Crippen molar-refractivity contribution in [2.45, 2.75) is 26.4 Å². The lowest BCUT2D eigenvalue weighted by molar-refractivity contribution is 0.0531. The maximum atomic E-state index is 11.6. The van der Waals surface area contributed by atoms with Gasteiger partial charge in [0.25, 0.3) is 0 Å². The fourth-order valence-electron chi connectivity index (χ4n) is 1.06. The van der Waals surface area contributed by atoms with Crippen LogP contribution in [0.15, 0.2) is 12.3 Å². The molecule has 0 bridgehead atoms. The molecule has 5 nitrogen and oxygen atoms in total. The predicted octanol–water partition coefficient (Wildman–Crippen LogP) is 1.67. The van der Waals surface area contributed by atoms with Gasteiger partial charge in [-0.1, -0.05) is 0 Å². The van der Waals surface area contributed by atoms with E-state index in [0.29, 0.717) is 12.0 Å². The molecule has 1 heterocycles. The molecule has 0 aliphatic heterocycles. The summed E-state index contributed by atoms with van der Waals surface area (Å²) in [6.45, 7) is 5.25. The highest BCUT2D eigenvalue weighted by Crippen LogP contribution is 2.13. The van der Waals surface area contributed by atoms with E-state index < -0.39 is 11.7 Å². The van der Waals surface area contributed by atoms with Gasteiger partial charge in [-0.25, -0.2) is 9.36 Å². The van der Waals surface area contributed by atoms with Gasteiger partial charge < -0.3 is 10.5 Å². The topological polar surface area (TPSA) is 74.3 Å². The average Bonchev–Trinajstić information content (AvgIpc) is 2.43. The Morgan fingerprint density at radius 3 is 2.60 bits per heavy atom. The second kappa shape index (κ2) is 3.76. The number of anilines is 1. The largest absolute Gasteiger partial charge is 0.443 e. The summed E-state index contributed by atoms with van der Waals surface area (Å²) in [4.78, 5) is 22.2. The smallest absolute Gasteiger partial charge is 0.419 e. The predicted molar refractivity (Wildman–Crippen MR) is 55.9 cm³/mol. The highest BCUT2D eigenvalue weighted by Gasteiger charge is 2.19. The molecule has 0 fully saturated rings. The summed E-state index contributed by atoms with van der Waals surface area (Å²) in [6, 6.07) is 1.41. The van der Waals surface area contributed by atoms with Gasteiger partial charge in [-0.05, 0) is 26.8 Å². The van der Waals surface area contributed by atoms with Crippen molar-refractivity contribution >= 4 is 18.1 Å². The molecular weight excluding hydrogens is 196 g/mol. The summed E-state index contributed by atoms with van der Waals surface area (Å²) in [5, 5.41) is 0. The van der Waals surface area contributed by atoms with Crippen LogP contribution < -0.4 is 5.73 Å². The van der Waals surface area contributed by atoms with Gasteiger partial charge in [0.05, 0.1) is 11.4 Å². The number of aldehydes is 1. The molecule has 15 heavy (non-hydrogen) atoms. The van der Waals surface area contributed by atoms with Gasteiger partial charge in [-0.15, -0.1) is 0 Å². The lowest BCUT2D eigenvalue weighted by atomic mass is 10.2. The number of aromatic nitrogens is 1. The number of rotatable bonds is 1. The Bertz CT molecular complexity index is 388. The molecule has 0 unspecified atom stereocenters. The lowest BCUT2D eigenvalue weighted by Crippen LogP contribution is -2.27. The van der Waals surface area contributed by atoms with Crippen LogP contribution >= 0.6 is 0 Å². The molecule has 82 valence electrons. The Balaban J connectivity index is 2.95. The first-order chi connectivity index (χ1) is 6.83. The Labute approximate surface area is 87.8 Å². The molecule has 0 atom stereocenters. The van der Waals surface area contributed by atoms with E-state index in [9.17, 15) is 9.59 Å². The van der Waals surface area contributed by atoms with Crippen molar-refractivity contribution < 1.29 is 14.3 Å². The second-order valence-corrected chi connectivity index (χ2v) is 4.17. The SMILES string of the molecule is CC(C)(C)OC(=O)n1cc(N)cc1C=O. The van der Waals surface area contributed by atoms with Crippen molar-refractivity contribution in [1.29, 1.82) is 0 Å². The van der Waals surface area contributed by atoms with Gasteiger partial charge in [0.15, 0.2) is 6.29 Å². The van der Waals surface area contributed by atoms with Crippen molar-refractivity contribution in [2.24, 2.45) is 0 Å². The van der Waals surface area contributed by atoms with Gasteiger partial charge in [0, 0.05) is 6.20 Å².